The van der Waals surface area contributed by atoms with Crippen molar-refractivity contribution in [3.8, 4) is 0 Å². The minimum Gasteiger partial charge on any atom is -0.453 e. The molecule has 0 radical (unpaired) electrons. The number of imide groups is 1. The highest BCUT2D eigenvalue weighted by atomic mass is 16.6. The number of cyclic esters (lactones) is 1. The maximum Gasteiger partial charge on any atom is 0.417 e. The van der Waals surface area contributed by atoms with Crippen LogP contribution in [0.5, 0.6) is 0 Å². The van der Waals surface area contributed by atoms with Crippen molar-refractivity contribution in [2.75, 3.05) is 26.4 Å². The number of aliphatic hydroxyl groups is 1. The molecule has 1 saturated heterocycles. The number of ether oxygens (including phenoxy) is 4. The molecule has 1 aliphatic rings. The zero-order valence-corrected chi connectivity index (χ0v) is 24.3. The second-order valence-electron chi connectivity index (χ2n) is 10.0. The van der Waals surface area contributed by atoms with Crippen LogP contribution < -0.4 is 0 Å². The van der Waals surface area contributed by atoms with Crippen molar-refractivity contribution in [1.29, 1.82) is 0 Å². The topological polar surface area (TPSA) is 146 Å². The Balaban J connectivity index is 1.49. The molecule has 4 atom stereocenters. The molecule has 2 aromatic carbocycles. The van der Waals surface area contributed by atoms with Gasteiger partial charge in [0.1, 0.15) is 18.8 Å². The third-order valence-corrected chi connectivity index (χ3v) is 6.69. The highest BCUT2D eigenvalue weighted by Crippen LogP contribution is 2.30. The Morgan fingerprint density at radius 2 is 1.72 bits per heavy atom. The van der Waals surface area contributed by atoms with Gasteiger partial charge in [-0.05, 0) is 36.6 Å². The second kappa shape index (κ2) is 17.1. The Hall–Kier alpha value is -4.19. The summed E-state index contributed by atoms with van der Waals surface area (Å²) in [5.41, 5.74) is 1.64. The first-order valence-electron chi connectivity index (χ1n) is 14.0. The monoisotopic (exact) mass is 595 g/mol. The average Bonchev–Trinajstić information content (AvgIpc) is 3.41. The van der Waals surface area contributed by atoms with E-state index < -0.39 is 47.9 Å². The smallest absolute Gasteiger partial charge is 0.417 e. The molecule has 2 amide bonds. The van der Waals surface area contributed by atoms with Gasteiger partial charge < -0.3 is 24.1 Å². The number of carbonyl (C=O) groups is 5. The molecule has 0 saturated carbocycles. The van der Waals surface area contributed by atoms with Crippen LogP contribution in [-0.2, 0) is 44.7 Å². The molecular weight excluding hydrogens is 558 g/mol. The van der Waals surface area contributed by atoms with Gasteiger partial charge in [-0.3, -0.25) is 19.2 Å². The van der Waals surface area contributed by atoms with E-state index in [4.69, 9.17) is 18.9 Å². The highest BCUT2D eigenvalue weighted by Gasteiger charge is 2.44. The van der Waals surface area contributed by atoms with Crippen LogP contribution in [-0.4, -0.2) is 78.2 Å². The van der Waals surface area contributed by atoms with E-state index in [1.807, 2.05) is 30.3 Å². The van der Waals surface area contributed by atoms with Crippen molar-refractivity contribution < 1.29 is 48.0 Å². The molecule has 1 N–H and O–H groups in total. The Morgan fingerprint density at radius 3 is 2.37 bits per heavy atom. The standard InChI is InChI=1S/C32H37NO10/c1-22(31(38)33-28(21-42-32(33)39)25-12-7-4-8-13-25)30(43-23(2)35)29(37)16-15-26(36)14-9-17-40-20-27(18-34)41-19-24-10-5-3-6-11-24/h3-8,10-13,15-16,22,27-28,30,34H,9,14,17-21H2,1-2H3/t22-,27+,28+,30-/m0/s1. The van der Waals surface area contributed by atoms with Crippen LogP contribution >= 0.6 is 0 Å². The fourth-order valence-electron chi connectivity index (χ4n) is 4.38. The highest BCUT2D eigenvalue weighted by molar-refractivity contribution is 6.04. The molecule has 0 aliphatic carbocycles. The summed E-state index contributed by atoms with van der Waals surface area (Å²) in [4.78, 5) is 63.8. The van der Waals surface area contributed by atoms with Crippen molar-refractivity contribution in [2.24, 2.45) is 5.92 Å². The van der Waals surface area contributed by atoms with Crippen LogP contribution in [0.25, 0.3) is 0 Å². The van der Waals surface area contributed by atoms with Crippen molar-refractivity contribution in [3.05, 3.63) is 83.9 Å². The molecule has 1 fully saturated rings. The van der Waals surface area contributed by atoms with Crippen molar-refractivity contribution in [1.82, 2.24) is 4.90 Å². The molecule has 2 aromatic rings. The molecule has 0 unspecified atom stereocenters. The van der Waals surface area contributed by atoms with Crippen molar-refractivity contribution in [2.45, 2.75) is 51.5 Å². The Bertz CT molecular complexity index is 1260. The van der Waals surface area contributed by atoms with E-state index in [2.05, 4.69) is 0 Å². The molecule has 1 heterocycles. The largest absolute Gasteiger partial charge is 0.453 e. The van der Waals surface area contributed by atoms with Crippen LogP contribution in [0.4, 0.5) is 4.79 Å². The van der Waals surface area contributed by atoms with E-state index >= 15 is 0 Å². The predicted octanol–water partition coefficient (Wildman–Crippen LogP) is 3.34. The summed E-state index contributed by atoms with van der Waals surface area (Å²) in [5, 5.41) is 9.51. The normalized spacial score (nSPS) is 16.9. The number of esters is 1. The maximum atomic E-state index is 13.3. The molecule has 43 heavy (non-hydrogen) atoms. The Kier molecular flexibility index (Phi) is 13.2. The average molecular weight is 596 g/mol. The number of aliphatic hydroxyl groups excluding tert-OH is 1. The summed E-state index contributed by atoms with van der Waals surface area (Å²) >= 11 is 0. The molecule has 11 nitrogen and oxygen atoms in total. The molecular formula is C32H37NO10. The zero-order valence-electron chi connectivity index (χ0n) is 24.3. The molecule has 3 rings (SSSR count). The summed E-state index contributed by atoms with van der Waals surface area (Å²) in [7, 11) is 0. The number of allylic oxidation sites excluding steroid dienone is 1. The first kappa shape index (κ1) is 33.3. The summed E-state index contributed by atoms with van der Waals surface area (Å²) in [6.07, 6.45) is -0.461. The fourth-order valence-corrected chi connectivity index (χ4v) is 4.38. The van der Waals surface area contributed by atoms with Gasteiger partial charge in [0.25, 0.3) is 0 Å². The fraction of sp³-hybridized carbons (Fsp3) is 0.406. The molecule has 1 aliphatic heterocycles. The van der Waals surface area contributed by atoms with E-state index in [-0.39, 0.29) is 38.6 Å². The third kappa shape index (κ3) is 10.2. The summed E-state index contributed by atoms with van der Waals surface area (Å²) in [6, 6.07) is 17.6. The van der Waals surface area contributed by atoms with E-state index in [0.717, 1.165) is 29.5 Å². The second-order valence-corrected chi connectivity index (χ2v) is 10.0. The number of hydrogen-bond acceptors (Lipinski definition) is 10. The van der Waals surface area contributed by atoms with Gasteiger partial charge in [-0.2, -0.15) is 0 Å². The van der Waals surface area contributed by atoms with Gasteiger partial charge in [0.15, 0.2) is 17.7 Å². The van der Waals surface area contributed by atoms with Crippen LogP contribution in [0.3, 0.4) is 0 Å². The van der Waals surface area contributed by atoms with Gasteiger partial charge in [0, 0.05) is 20.0 Å². The molecule has 0 bridgehead atoms. The maximum absolute atomic E-state index is 13.3. The minimum atomic E-state index is -1.55. The number of amides is 2. The van der Waals surface area contributed by atoms with E-state index in [1.165, 1.54) is 6.92 Å². The quantitative estimate of drug-likeness (QED) is 0.164. The first-order chi connectivity index (χ1) is 20.7. The van der Waals surface area contributed by atoms with Crippen LogP contribution in [0.15, 0.2) is 72.8 Å². The van der Waals surface area contributed by atoms with Gasteiger partial charge >= 0.3 is 12.1 Å². The molecule has 0 spiro atoms. The van der Waals surface area contributed by atoms with Crippen LogP contribution in [0.2, 0.25) is 0 Å². The lowest BCUT2D eigenvalue weighted by Gasteiger charge is -2.26. The van der Waals surface area contributed by atoms with Crippen LogP contribution in [0.1, 0.15) is 43.9 Å². The summed E-state index contributed by atoms with van der Waals surface area (Å²) in [5.74, 6) is -3.92. The van der Waals surface area contributed by atoms with Crippen molar-refractivity contribution in [3.63, 3.8) is 0 Å². The lowest BCUT2D eigenvalue weighted by Crippen LogP contribution is -2.45. The first-order valence-corrected chi connectivity index (χ1v) is 14.0. The Labute approximate surface area is 250 Å². The van der Waals surface area contributed by atoms with E-state index in [1.54, 1.807) is 30.3 Å². The number of benzene rings is 2. The molecule has 0 aromatic heterocycles. The number of ketones is 2. The van der Waals surface area contributed by atoms with E-state index in [0.29, 0.717) is 18.6 Å². The number of carbonyl (C=O) groups excluding carboxylic acids is 5. The summed E-state index contributed by atoms with van der Waals surface area (Å²) < 4.78 is 21.4. The minimum absolute atomic E-state index is 0.0486. The van der Waals surface area contributed by atoms with Gasteiger partial charge in [0.05, 0.1) is 25.7 Å². The molecule has 230 valence electrons. The molecule has 11 heteroatoms. The van der Waals surface area contributed by atoms with E-state index in [9.17, 15) is 29.1 Å². The number of rotatable bonds is 17. The number of nitrogens with zero attached hydrogens (tertiary/aromatic N) is 1. The van der Waals surface area contributed by atoms with Crippen LogP contribution in [0, 0.1) is 5.92 Å². The SMILES string of the molecule is CC(=O)O[C@H](C(=O)C=CC(=O)CCCOC[C@@H](CO)OCc1ccccc1)[C@H](C)C(=O)N1C(=O)OC[C@@H]1c1ccccc1. The van der Waals surface area contributed by atoms with Gasteiger partial charge in [-0.1, -0.05) is 60.7 Å². The number of hydrogen-bond donors (Lipinski definition) is 1. The lowest BCUT2D eigenvalue weighted by molar-refractivity contribution is -0.158. The van der Waals surface area contributed by atoms with Gasteiger partial charge in [-0.25, -0.2) is 9.69 Å². The van der Waals surface area contributed by atoms with Gasteiger partial charge in [0.2, 0.25) is 5.91 Å². The van der Waals surface area contributed by atoms with Crippen molar-refractivity contribution >= 4 is 29.5 Å². The lowest BCUT2D eigenvalue weighted by atomic mass is 9.97. The Morgan fingerprint density at radius 1 is 1.05 bits per heavy atom. The third-order valence-electron chi connectivity index (χ3n) is 6.69. The summed E-state index contributed by atoms with van der Waals surface area (Å²) in [6.45, 7) is 2.92. The predicted molar refractivity (Wildman–Crippen MR) is 153 cm³/mol. The van der Waals surface area contributed by atoms with Gasteiger partial charge in [-0.15, -0.1) is 0 Å². The zero-order chi connectivity index (χ0) is 31.2.